The molecule has 0 saturated carbocycles. The summed E-state index contributed by atoms with van der Waals surface area (Å²) in [6.07, 6.45) is 1.18. The van der Waals surface area contributed by atoms with Gasteiger partial charge in [-0.1, -0.05) is 18.2 Å². The Morgan fingerprint density at radius 3 is 2.62 bits per heavy atom. The summed E-state index contributed by atoms with van der Waals surface area (Å²) >= 11 is 0. The highest BCUT2D eigenvalue weighted by molar-refractivity contribution is 5.77. The molecule has 3 rings (SSSR count). The molecule has 2 N–H and O–H groups in total. The standard InChI is InChI=1S/C18H19N3O3/c1-23-13-9-7-12(16(11-13)24-2)8-10-17-20-15-6-4-3-5-14(15)18(22)21(17)19/h3-7,9,11H,8,10,19H2,1-2H3. The number of aryl methyl sites for hydroxylation is 2. The maximum Gasteiger partial charge on any atom is 0.279 e. The van der Waals surface area contributed by atoms with Gasteiger partial charge < -0.3 is 15.3 Å². The minimum atomic E-state index is -0.239. The van der Waals surface area contributed by atoms with Gasteiger partial charge in [-0.2, -0.15) is 0 Å². The number of benzene rings is 2. The van der Waals surface area contributed by atoms with E-state index in [4.69, 9.17) is 15.3 Å². The average molecular weight is 325 g/mol. The van der Waals surface area contributed by atoms with Crippen molar-refractivity contribution in [2.24, 2.45) is 0 Å². The molecule has 2 aromatic carbocycles. The summed E-state index contributed by atoms with van der Waals surface area (Å²) < 4.78 is 11.7. The molecule has 0 aliphatic rings. The first-order valence-corrected chi connectivity index (χ1v) is 7.60. The highest BCUT2D eigenvalue weighted by atomic mass is 16.5. The van der Waals surface area contributed by atoms with Crippen LogP contribution in [0.3, 0.4) is 0 Å². The van der Waals surface area contributed by atoms with Crippen molar-refractivity contribution >= 4 is 10.9 Å². The van der Waals surface area contributed by atoms with Gasteiger partial charge in [0, 0.05) is 12.5 Å². The molecule has 24 heavy (non-hydrogen) atoms. The molecule has 0 saturated heterocycles. The van der Waals surface area contributed by atoms with Gasteiger partial charge in [-0.05, 0) is 30.2 Å². The van der Waals surface area contributed by atoms with Crippen molar-refractivity contribution in [2.75, 3.05) is 20.1 Å². The zero-order valence-electron chi connectivity index (χ0n) is 13.7. The van der Waals surface area contributed by atoms with E-state index in [-0.39, 0.29) is 5.56 Å². The van der Waals surface area contributed by atoms with Crippen LogP contribution in [0.2, 0.25) is 0 Å². The normalized spacial score (nSPS) is 10.8. The topological polar surface area (TPSA) is 79.4 Å². The highest BCUT2D eigenvalue weighted by Crippen LogP contribution is 2.25. The number of hydrogen-bond donors (Lipinski definition) is 1. The Hall–Kier alpha value is -3.02. The first-order valence-electron chi connectivity index (χ1n) is 7.60. The van der Waals surface area contributed by atoms with Crippen LogP contribution in [0.1, 0.15) is 11.4 Å². The van der Waals surface area contributed by atoms with Gasteiger partial charge in [-0.3, -0.25) is 4.79 Å². The summed E-state index contributed by atoms with van der Waals surface area (Å²) in [7, 11) is 3.23. The van der Waals surface area contributed by atoms with Crippen LogP contribution in [0.5, 0.6) is 11.5 Å². The molecule has 1 heterocycles. The van der Waals surface area contributed by atoms with Gasteiger partial charge in [-0.25, -0.2) is 9.66 Å². The quantitative estimate of drug-likeness (QED) is 0.725. The Bertz CT molecular complexity index is 934. The van der Waals surface area contributed by atoms with Crippen LogP contribution < -0.4 is 20.9 Å². The van der Waals surface area contributed by atoms with Gasteiger partial charge in [0.15, 0.2) is 0 Å². The molecule has 0 spiro atoms. The van der Waals surface area contributed by atoms with Gasteiger partial charge in [0.25, 0.3) is 5.56 Å². The number of nitrogens with zero attached hydrogens (tertiary/aromatic N) is 2. The summed E-state index contributed by atoms with van der Waals surface area (Å²) in [4.78, 5) is 16.8. The molecule has 0 aliphatic carbocycles. The average Bonchev–Trinajstić information content (AvgIpc) is 2.63. The lowest BCUT2D eigenvalue weighted by Crippen LogP contribution is -2.31. The fraction of sp³-hybridized carbons (Fsp3) is 0.222. The highest BCUT2D eigenvalue weighted by Gasteiger charge is 2.11. The molecule has 6 nitrogen and oxygen atoms in total. The third kappa shape index (κ3) is 2.90. The SMILES string of the molecule is COc1ccc(CCc2nc3ccccc3c(=O)n2N)c(OC)c1. The number of ether oxygens (including phenoxy) is 2. The zero-order valence-corrected chi connectivity index (χ0v) is 13.7. The molecule has 0 atom stereocenters. The second-order valence-electron chi connectivity index (χ2n) is 5.40. The second-order valence-corrected chi connectivity index (χ2v) is 5.40. The molecule has 3 aromatic rings. The number of nitrogen functional groups attached to an aromatic ring is 1. The van der Waals surface area contributed by atoms with E-state index in [2.05, 4.69) is 4.98 Å². The van der Waals surface area contributed by atoms with Crippen LogP contribution in [0, 0.1) is 0 Å². The van der Waals surface area contributed by atoms with Crippen LogP contribution >= 0.6 is 0 Å². The Kier molecular flexibility index (Phi) is 4.37. The molecular weight excluding hydrogens is 306 g/mol. The largest absolute Gasteiger partial charge is 0.497 e. The second kappa shape index (κ2) is 6.62. The Morgan fingerprint density at radius 2 is 1.88 bits per heavy atom. The van der Waals surface area contributed by atoms with Crippen LogP contribution in [0.15, 0.2) is 47.3 Å². The number of aromatic nitrogens is 2. The van der Waals surface area contributed by atoms with Crippen molar-refractivity contribution in [1.82, 2.24) is 9.66 Å². The van der Waals surface area contributed by atoms with E-state index < -0.39 is 0 Å². The molecule has 124 valence electrons. The van der Waals surface area contributed by atoms with E-state index in [1.54, 1.807) is 26.4 Å². The molecule has 0 fully saturated rings. The van der Waals surface area contributed by atoms with Crippen molar-refractivity contribution in [3.8, 4) is 11.5 Å². The predicted molar refractivity (Wildman–Crippen MR) is 93.1 cm³/mol. The number of methoxy groups -OCH3 is 2. The minimum absolute atomic E-state index is 0.239. The summed E-state index contributed by atoms with van der Waals surface area (Å²) in [5.74, 6) is 7.93. The van der Waals surface area contributed by atoms with Crippen molar-refractivity contribution in [3.63, 3.8) is 0 Å². The third-order valence-corrected chi connectivity index (χ3v) is 3.99. The molecule has 1 aromatic heterocycles. The Labute approximate surface area is 139 Å². The van der Waals surface area contributed by atoms with Crippen LogP contribution in [0.25, 0.3) is 10.9 Å². The number of rotatable bonds is 5. The van der Waals surface area contributed by atoms with Crippen molar-refractivity contribution in [3.05, 3.63) is 64.2 Å². The lowest BCUT2D eigenvalue weighted by atomic mass is 10.1. The van der Waals surface area contributed by atoms with E-state index in [0.29, 0.717) is 29.6 Å². The molecule has 0 amide bonds. The maximum absolute atomic E-state index is 12.3. The first-order chi connectivity index (χ1) is 11.6. The van der Waals surface area contributed by atoms with E-state index >= 15 is 0 Å². The van der Waals surface area contributed by atoms with Gasteiger partial charge in [0.05, 0.1) is 25.1 Å². The van der Waals surface area contributed by atoms with Gasteiger partial charge >= 0.3 is 0 Å². The third-order valence-electron chi connectivity index (χ3n) is 3.99. The summed E-state index contributed by atoms with van der Waals surface area (Å²) in [5, 5.41) is 0.519. The van der Waals surface area contributed by atoms with Gasteiger partial charge in [-0.15, -0.1) is 0 Å². The van der Waals surface area contributed by atoms with Crippen LogP contribution in [0.4, 0.5) is 0 Å². The lowest BCUT2D eigenvalue weighted by molar-refractivity contribution is 0.391. The Morgan fingerprint density at radius 1 is 1.08 bits per heavy atom. The monoisotopic (exact) mass is 325 g/mol. The van der Waals surface area contributed by atoms with E-state index in [1.807, 2.05) is 30.3 Å². The molecular formula is C18H19N3O3. The lowest BCUT2D eigenvalue weighted by Gasteiger charge is -2.12. The smallest absolute Gasteiger partial charge is 0.279 e. The van der Waals surface area contributed by atoms with Gasteiger partial charge in [0.2, 0.25) is 0 Å². The molecule has 0 bridgehead atoms. The summed E-state index contributed by atoms with van der Waals surface area (Å²) in [6.45, 7) is 0. The summed E-state index contributed by atoms with van der Waals surface area (Å²) in [5.41, 5.74) is 1.42. The summed E-state index contributed by atoms with van der Waals surface area (Å²) in [6, 6.07) is 12.8. The number of para-hydroxylation sites is 1. The number of nitrogens with two attached hydrogens (primary N) is 1. The van der Waals surface area contributed by atoms with Crippen molar-refractivity contribution in [1.29, 1.82) is 0 Å². The number of fused-ring (bicyclic) bond motifs is 1. The van der Waals surface area contributed by atoms with Crippen LogP contribution in [-0.4, -0.2) is 23.9 Å². The fourth-order valence-corrected chi connectivity index (χ4v) is 2.67. The Balaban J connectivity index is 1.91. The van der Waals surface area contributed by atoms with E-state index in [0.717, 1.165) is 21.7 Å². The molecule has 0 radical (unpaired) electrons. The fourth-order valence-electron chi connectivity index (χ4n) is 2.67. The van der Waals surface area contributed by atoms with Gasteiger partial charge in [0.1, 0.15) is 17.3 Å². The molecule has 0 aliphatic heterocycles. The van der Waals surface area contributed by atoms with Crippen LogP contribution in [-0.2, 0) is 12.8 Å². The van der Waals surface area contributed by atoms with Crippen molar-refractivity contribution in [2.45, 2.75) is 12.8 Å². The first kappa shape index (κ1) is 15.9. The zero-order chi connectivity index (χ0) is 17.1. The molecule has 6 heteroatoms. The maximum atomic E-state index is 12.3. The van der Waals surface area contributed by atoms with E-state index in [1.165, 1.54) is 0 Å². The van der Waals surface area contributed by atoms with Crippen molar-refractivity contribution < 1.29 is 9.47 Å². The van der Waals surface area contributed by atoms with E-state index in [9.17, 15) is 4.79 Å². The molecule has 0 unspecified atom stereocenters. The predicted octanol–water partition coefficient (Wildman–Crippen LogP) is 1.91. The minimum Gasteiger partial charge on any atom is -0.497 e. The number of hydrogen-bond acceptors (Lipinski definition) is 5.